The summed E-state index contributed by atoms with van der Waals surface area (Å²) in [7, 11) is 0. The van der Waals surface area contributed by atoms with E-state index in [0.717, 1.165) is 6.42 Å². The molecule has 0 amide bonds. The Hall–Kier alpha value is -0.410. The lowest BCUT2D eigenvalue weighted by Crippen LogP contribution is -2.35. The molecule has 1 saturated heterocycles. The van der Waals surface area contributed by atoms with Crippen molar-refractivity contribution in [3.63, 3.8) is 0 Å². The van der Waals surface area contributed by atoms with Crippen LogP contribution in [0.25, 0.3) is 0 Å². The third kappa shape index (κ3) is 1.92. The topological polar surface area (TPSA) is 52.3 Å². The van der Waals surface area contributed by atoms with Crippen LogP contribution in [0, 0.1) is 11.8 Å². The number of rotatable bonds is 3. The average molecular weight is 183 g/mol. The number of hydrogen-bond acceptors (Lipinski definition) is 3. The van der Waals surface area contributed by atoms with Gasteiger partial charge in [0.1, 0.15) is 5.78 Å². The Balaban J connectivity index is 1.81. The number of nitrogens with two attached hydrogens (primary N) is 1. The number of Topliss-reactive ketones (excluding diaryl/α,β-unsaturated/α-hetero) is 1. The van der Waals surface area contributed by atoms with Gasteiger partial charge in [0.2, 0.25) is 0 Å². The molecule has 0 aromatic rings. The highest BCUT2D eigenvalue weighted by Gasteiger charge is 2.33. The predicted octanol–water partition coefficient (Wildman–Crippen LogP) is 0.719. The number of carbonyl (C=O) groups excluding carboxylic acids is 1. The van der Waals surface area contributed by atoms with E-state index in [1.54, 1.807) is 0 Å². The Morgan fingerprint density at radius 1 is 1.38 bits per heavy atom. The van der Waals surface area contributed by atoms with Crippen molar-refractivity contribution in [2.45, 2.75) is 31.7 Å². The van der Waals surface area contributed by atoms with E-state index in [-0.39, 0.29) is 12.0 Å². The molecule has 2 fully saturated rings. The molecule has 74 valence electrons. The van der Waals surface area contributed by atoms with E-state index >= 15 is 0 Å². The van der Waals surface area contributed by atoms with Gasteiger partial charge in [-0.25, -0.2) is 0 Å². The highest BCUT2D eigenvalue weighted by atomic mass is 16.5. The van der Waals surface area contributed by atoms with E-state index in [2.05, 4.69) is 0 Å². The first-order chi connectivity index (χ1) is 6.27. The minimum Gasteiger partial charge on any atom is -0.379 e. The highest BCUT2D eigenvalue weighted by molar-refractivity contribution is 5.82. The van der Waals surface area contributed by atoms with Gasteiger partial charge in [0.25, 0.3) is 0 Å². The van der Waals surface area contributed by atoms with Crippen molar-refractivity contribution in [2.24, 2.45) is 17.6 Å². The van der Waals surface area contributed by atoms with Crippen LogP contribution < -0.4 is 5.73 Å². The van der Waals surface area contributed by atoms with Crippen LogP contribution in [0.4, 0.5) is 0 Å². The molecule has 1 heterocycles. The lowest BCUT2D eigenvalue weighted by molar-refractivity contribution is -0.124. The Kier molecular flexibility index (Phi) is 2.65. The third-order valence-electron chi connectivity index (χ3n) is 3.25. The first kappa shape index (κ1) is 9.16. The van der Waals surface area contributed by atoms with Gasteiger partial charge in [-0.05, 0) is 5.92 Å². The van der Waals surface area contributed by atoms with Crippen molar-refractivity contribution >= 4 is 5.78 Å². The molecule has 0 radical (unpaired) electrons. The number of ketones is 1. The molecule has 3 nitrogen and oxygen atoms in total. The molecule has 2 aliphatic rings. The van der Waals surface area contributed by atoms with Gasteiger partial charge >= 0.3 is 0 Å². The summed E-state index contributed by atoms with van der Waals surface area (Å²) in [6.45, 7) is 1.10. The number of hydrogen-bond donors (Lipinski definition) is 1. The van der Waals surface area contributed by atoms with Crippen LogP contribution in [0.15, 0.2) is 0 Å². The van der Waals surface area contributed by atoms with Crippen molar-refractivity contribution in [1.82, 2.24) is 0 Å². The fourth-order valence-corrected chi connectivity index (χ4v) is 2.04. The van der Waals surface area contributed by atoms with Gasteiger partial charge in [-0.1, -0.05) is 19.3 Å². The first-order valence-corrected chi connectivity index (χ1v) is 5.13. The third-order valence-corrected chi connectivity index (χ3v) is 3.25. The molecular weight excluding hydrogens is 166 g/mol. The first-order valence-electron chi connectivity index (χ1n) is 5.13. The summed E-state index contributed by atoms with van der Waals surface area (Å²) in [5.74, 6) is 0.968. The van der Waals surface area contributed by atoms with E-state index in [1.165, 1.54) is 19.3 Å². The zero-order valence-electron chi connectivity index (χ0n) is 7.87. The normalized spacial score (nSPS) is 34.5. The second kappa shape index (κ2) is 3.76. The molecule has 0 aromatic carbocycles. The summed E-state index contributed by atoms with van der Waals surface area (Å²) in [5.41, 5.74) is 5.77. The predicted molar refractivity (Wildman–Crippen MR) is 49.2 cm³/mol. The van der Waals surface area contributed by atoms with Gasteiger partial charge in [-0.15, -0.1) is 0 Å². The highest BCUT2D eigenvalue weighted by Crippen LogP contribution is 2.31. The Morgan fingerprint density at radius 3 is 2.62 bits per heavy atom. The van der Waals surface area contributed by atoms with Crippen LogP contribution in [-0.4, -0.2) is 25.0 Å². The summed E-state index contributed by atoms with van der Waals surface area (Å²) in [5, 5.41) is 0. The molecule has 13 heavy (non-hydrogen) atoms. The zero-order chi connectivity index (χ0) is 9.26. The Morgan fingerprint density at radius 2 is 2.15 bits per heavy atom. The molecule has 2 atom stereocenters. The van der Waals surface area contributed by atoms with E-state index in [4.69, 9.17) is 10.5 Å². The largest absolute Gasteiger partial charge is 0.379 e. The van der Waals surface area contributed by atoms with E-state index in [9.17, 15) is 4.79 Å². The maximum Gasteiger partial charge on any atom is 0.140 e. The van der Waals surface area contributed by atoms with Crippen molar-refractivity contribution in [3.8, 4) is 0 Å². The molecule has 2 N–H and O–H groups in total. The smallest absolute Gasteiger partial charge is 0.140 e. The van der Waals surface area contributed by atoms with Gasteiger partial charge in [-0.2, -0.15) is 0 Å². The fourth-order valence-electron chi connectivity index (χ4n) is 2.04. The van der Waals surface area contributed by atoms with Crippen LogP contribution in [0.3, 0.4) is 0 Å². The minimum absolute atomic E-state index is 0.0133. The molecular formula is C10H17NO2. The average Bonchev–Trinajstić information content (AvgIpc) is 2.43. The summed E-state index contributed by atoms with van der Waals surface area (Å²) in [6, 6.07) is -0.0485. The monoisotopic (exact) mass is 183 g/mol. The Bertz CT molecular complexity index is 201. The van der Waals surface area contributed by atoms with E-state index in [0.29, 0.717) is 24.9 Å². The summed E-state index contributed by atoms with van der Waals surface area (Å²) >= 11 is 0. The zero-order valence-corrected chi connectivity index (χ0v) is 7.87. The fraction of sp³-hybridized carbons (Fsp3) is 0.900. The van der Waals surface area contributed by atoms with Crippen LogP contribution in [0.1, 0.15) is 25.7 Å². The van der Waals surface area contributed by atoms with Crippen LogP contribution >= 0.6 is 0 Å². The van der Waals surface area contributed by atoms with Gasteiger partial charge in [0.15, 0.2) is 0 Å². The van der Waals surface area contributed by atoms with Gasteiger partial charge < -0.3 is 10.5 Å². The van der Waals surface area contributed by atoms with Crippen molar-refractivity contribution in [2.75, 3.05) is 13.2 Å². The molecule has 2 rings (SSSR count). The maximum atomic E-state index is 11.7. The quantitative estimate of drug-likeness (QED) is 0.701. The minimum atomic E-state index is -0.0485. The second-order valence-electron chi connectivity index (χ2n) is 4.28. The van der Waals surface area contributed by atoms with Crippen LogP contribution in [0.5, 0.6) is 0 Å². The van der Waals surface area contributed by atoms with Crippen molar-refractivity contribution in [3.05, 3.63) is 0 Å². The molecule has 2 unspecified atom stereocenters. The summed E-state index contributed by atoms with van der Waals surface area (Å²) < 4.78 is 5.18. The van der Waals surface area contributed by atoms with Crippen LogP contribution in [-0.2, 0) is 9.53 Å². The van der Waals surface area contributed by atoms with E-state index < -0.39 is 0 Å². The number of ether oxygens (including phenoxy) is 1. The SMILES string of the molecule is NC1COCC1C(=O)CC1CCC1. The Labute approximate surface area is 78.6 Å². The molecule has 1 aliphatic carbocycles. The van der Waals surface area contributed by atoms with E-state index in [1.807, 2.05) is 0 Å². The summed E-state index contributed by atoms with van der Waals surface area (Å²) in [4.78, 5) is 11.7. The van der Waals surface area contributed by atoms with Gasteiger partial charge in [0, 0.05) is 12.5 Å². The summed E-state index contributed by atoms with van der Waals surface area (Å²) in [6.07, 6.45) is 4.50. The molecule has 0 bridgehead atoms. The molecule has 0 aromatic heterocycles. The molecule has 1 saturated carbocycles. The van der Waals surface area contributed by atoms with Crippen molar-refractivity contribution in [1.29, 1.82) is 0 Å². The van der Waals surface area contributed by atoms with Crippen molar-refractivity contribution < 1.29 is 9.53 Å². The maximum absolute atomic E-state index is 11.7. The molecule has 0 spiro atoms. The molecule has 3 heteroatoms. The second-order valence-corrected chi connectivity index (χ2v) is 4.28. The van der Waals surface area contributed by atoms with Crippen LogP contribution in [0.2, 0.25) is 0 Å². The van der Waals surface area contributed by atoms with Gasteiger partial charge in [0.05, 0.1) is 19.1 Å². The molecule has 1 aliphatic heterocycles. The van der Waals surface area contributed by atoms with Gasteiger partial charge in [-0.3, -0.25) is 4.79 Å². The standard InChI is InChI=1S/C10H17NO2/c11-9-6-13-5-8(9)10(12)4-7-2-1-3-7/h7-9H,1-6,11H2. The lowest BCUT2D eigenvalue weighted by Gasteiger charge is -2.25. The lowest BCUT2D eigenvalue weighted by atomic mass is 9.79. The number of carbonyl (C=O) groups is 1.